The third-order valence-electron chi connectivity index (χ3n) is 5.52. The molecule has 150 valence electrons. The summed E-state index contributed by atoms with van der Waals surface area (Å²) in [5.74, 6) is -0.0170. The topological polar surface area (TPSA) is 77.3 Å². The number of piperazine rings is 1. The maximum atomic E-state index is 12.9. The number of hydrogen-bond acceptors (Lipinski definition) is 5. The Morgan fingerprint density at radius 1 is 1.21 bits per heavy atom. The summed E-state index contributed by atoms with van der Waals surface area (Å²) in [6.07, 6.45) is 0.0888. The molecule has 1 heterocycles. The number of ether oxygens (including phenoxy) is 1. The van der Waals surface area contributed by atoms with Crippen molar-refractivity contribution in [3.05, 3.63) is 53.1 Å². The Bertz CT molecular complexity index is 829. The van der Waals surface area contributed by atoms with Crippen LogP contribution in [0, 0.1) is 0 Å². The molecule has 2 aromatic rings. The number of Topliss-reactive ketones (excluding diaryl/α,β-unsaturated/α-hetero) is 1. The van der Waals surface area contributed by atoms with Crippen molar-refractivity contribution in [2.75, 3.05) is 39.8 Å². The van der Waals surface area contributed by atoms with Crippen LogP contribution in [0.15, 0.2) is 36.4 Å². The quantitative estimate of drug-likeness (QED) is 0.685. The third kappa shape index (κ3) is 4.46. The van der Waals surface area contributed by atoms with Crippen LogP contribution in [0.3, 0.4) is 0 Å². The van der Waals surface area contributed by atoms with Gasteiger partial charge in [-0.1, -0.05) is 30.9 Å². The second-order valence-electron chi connectivity index (χ2n) is 7.21. The van der Waals surface area contributed by atoms with Gasteiger partial charge in [-0.05, 0) is 24.7 Å². The summed E-state index contributed by atoms with van der Waals surface area (Å²) in [5, 5.41) is 23.2. The average Bonchev–Trinajstić information content (AvgIpc) is 2.72. The number of nitrogens with zero attached hydrogens (tertiary/aromatic N) is 1. The van der Waals surface area contributed by atoms with Gasteiger partial charge in [-0.15, -0.1) is 0 Å². The first-order valence-corrected chi connectivity index (χ1v) is 9.76. The molecule has 2 N–H and O–H groups in total. The Labute approximate surface area is 166 Å². The number of phenolic OH excluding ortho intramolecular Hbond substituents is 1. The number of benzene rings is 2. The number of hydrogen-bond donors (Lipinski definition) is 2. The van der Waals surface area contributed by atoms with E-state index in [1.807, 2.05) is 18.2 Å². The maximum absolute atomic E-state index is 12.9. The highest BCUT2D eigenvalue weighted by atomic mass is 16.5. The van der Waals surface area contributed by atoms with Gasteiger partial charge in [0, 0.05) is 36.2 Å². The molecular formula is C22H28N2O4. The molecule has 0 aromatic heterocycles. The average molecular weight is 384 g/mol. The SMILES string of the molecule is CCN1CC[NH+](Cc2c(O)ccc(C(=O)Cc3ccccc3OC)c2[O-])CC1. The second kappa shape index (κ2) is 9.08. The second-order valence-corrected chi connectivity index (χ2v) is 7.21. The molecule has 1 fully saturated rings. The summed E-state index contributed by atoms with van der Waals surface area (Å²) >= 11 is 0. The number of nitrogens with one attached hydrogen (secondary N) is 1. The fraction of sp³-hybridized carbons (Fsp3) is 0.409. The van der Waals surface area contributed by atoms with E-state index in [-0.39, 0.29) is 29.3 Å². The van der Waals surface area contributed by atoms with Crippen LogP contribution in [0.2, 0.25) is 0 Å². The number of phenols is 1. The van der Waals surface area contributed by atoms with E-state index in [0.717, 1.165) is 38.3 Å². The molecule has 6 nitrogen and oxygen atoms in total. The van der Waals surface area contributed by atoms with E-state index in [9.17, 15) is 15.0 Å². The molecule has 1 aliphatic rings. The summed E-state index contributed by atoms with van der Waals surface area (Å²) in [7, 11) is 1.56. The molecule has 3 rings (SSSR count). The molecule has 1 saturated heterocycles. The number of carbonyl (C=O) groups is 1. The van der Waals surface area contributed by atoms with Gasteiger partial charge in [0.25, 0.3) is 0 Å². The highest BCUT2D eigenvalue weighted by Gasteiger charge is 2.22. The lowest BCUT2D eigenvalue weighted by molar-refractivity contribution is -0.918. The molecule has 2 aromatic carbocycles. The van der Waals surface area contributed by atoms with Gasteiger partial charge in [0.15, 0.2) is 5.78 Å². The molecular weight excluding hydrogens is 356 g/mol. The maximum Gasteiger partial charge on any atom is 0.166 e. The van der Waals surface area contributed by atoms with Crippen molar-refractivity contribution in [3.8, 4) is 17.2 Å². The van der Waals surface area contributed by atoms with E-state index >= 15 is 0 Å². The van der Waals surface area contributed by atoms with Gasteiger partial charge in [0.1, 0.15) is 18.0 Å². The zero-order valence-corrected chi connectivity index (χ0v) is 16.5. The first-order valence-electron chi connectivity index (χ1n) is 9.76. The molecule has 0 saturated carbocycles. The lowest BCUT2D eigenvalue weighted by Crippen LogP contribution is -3.13. The summed E-state index contributed by atoms with van der Waals surface area (Å²) in [6, 6.07) is 10.2. The van der Waals surface area contributed by atoms with Crippen LogP contribution in [-0.4, -0.2) is 55.6 Å². The van der Waals surface area contributed by atoms with Gasteiger partial charge < -0.3 is 19.8 Å². The number of carbonyl (C=O) groups excluding carboxylic acids is 1. The molecule has 0 bridgehead atoms. The first kappa shape index (κ1) is 20.2. The van der Waals surface area contributed by atoms with Crippen molar-refractivity contribution in [1.82, 2.24) is 4.90 Å². The minimum Gasteiger partial charge on any atom is -0.872 e. The Hall–Kier alpha value is -2.57. The van der Waals surface area contributed by atoms with Gasteiger partial charge in [0.2, 0.25) is 0 Å². The Morgan fingerprint density at radius 2 is 1.93 bits per heavy atom. The molecule has 0 unspecified atom stereocenters. The van der Waals surface area contributed by atoms with E-state index in [4.69, 9.17) is 4.74 Å². The standard InChI is InChI=1S/C22H28N2O4/c1-3-23-10-12-24(13-11-23)15-18-19(25)9-8-17(22(18)27)20(26)14-16-6-4-5-7-21(16)28-2/h4-9,25,27H,3,10-15H2,1-2H3. The lowest BCUT2D eigenvalue weighted by Gasteiger charge is -2.32. The zero-order chi connectivity index (χ0) is 20.1. The summed E-state index contributed by atoms with van der Waals surface area (Å²) < 4.78 is 5.30. The van der Waals surface area contributed by atoms with Crippen molar-refractivity contribution in [1.29, 1.82) is 0 Å². The van der Waals surface area contributed by atoms with E-state index in [0.29, 0.717) is 17.9 Å². The number of aromatic hydroxyl groups is 1. The molecule has 28 heavy (non-hydrogen) atoms. The molecule has 0 amide bonds. The highest BCUT2D eigenvalue weighted by molar-refractivity contribution is 6.00. The summed E-state index contributed by atoms with van der Waals surface area (Å²) in [5.41, 5.74) is 1.21. The smallest absolute Gasteiger partial charge is 0.166 e. The Morgan fingerprint density at radius 3 is 2.61 bits per heavy atom. The fourth-order valence-electron chi connectivity index (χ4n) is 3.74. The molecule has 0 aliphatic carbocycles. The molecule has 0 radical (unpaired) electrons. The van der Waals surface area contributed by atoms with Crippen LogP contribution >= 0.6 is 0 Å². The summed E-state index contributed by atoms with van der Waals surface area (Å²) in [4.78, 5) is 16.4. The van der Waals surface area contributed by atoms with Gasteiger partial charge in [-0.2, -0.15) is 0 Å². The van der Waals surface area contributed by atoms with E-state index in [2.05, 4.69) is 11.8 Å². The first-order chi connectivity index (χ1) is 13.5. The van der Waals surface area contributed by atoms with Crippen LogP contribution in [-0.2, 0) is 13.0 Å². The third-order valence-corrected chi connectivity index (χ3v) is 5.52. The van der Waals surface area contributed by atoms with Crippen LogP contribution < -0.4 is 14.7 Å². The number of rotatable bonds is 7. The van der Waals surface area contributed by atoms with Crippen molar-refractivity contribution in [2.24, 2.45) is 0 Å². The van der Waals surface area contributed by atoms with Gasteiger partial charge in [0.05, 0.1) is 20.2 Å². The lowest BCUT2D eigenvalue weighted by atomic mass is 9.98. The molecule has 0 atom stereocenters. The zero-order valence-electron chi connectivity index (χ0n) is 16.5. The minimum atomic E-state index is -0.356. The highest BCUT2D eigenvalue weighted by Crippen LogP contribution is 2.29. The van der Waals surface area contributed by atoms with Crippen molar-refractivity contribution in [3.63, 3.8) is 0 Å². The minimum absolute atomic E-state index is 0.0238. The number of ketones is 1. The summed E-state index contributed by atoms with van der Waals surface area (Å²) in [6.45, 7) is 7.41. The normalized spacial score (nSPS) is 15.5. The van der Waals surface area contributed by atoms with Crippen LogP contribution in [0.4, 0.5) is 0 Å². The largest absolute Gasteiger partial charge is 0.872 e. The Kier molecular flexibility index (Phi) is 6.54. The van der Waals surface area contributed by atoms with Crippen molar-refractivity contribution in [2.45, 2.75) is 19.9 Å². The Balaban J connectivity index is 1.77. The molecule has 0 spiro atoms. The van der Waals surface area contributed by atoms with E-state index < -0.39 is 0 Å². The monoisotopic (exact) mass is 384 g/mol. The number of methoxy groups -OCH3 is 1. The van der Waals surface area contributed by atoms with Crippen LogP contribution in [0.5, 0.6) is 17.2 Å². The van der Waals surface area contributed by atoms with Crippen LogP contribution in [0.25, 0.3) is 0 Å². The van der Waals surface area contributed by atoms with Crippen molar-refractivity contribution >= 4 is 5.78 Å². The van der Waals surface area contributed by atoms with Gasteiger partial charge >= 0.3 is 0 Å². The number of likely N-dealkylation sites (N-methyl/N-ethyl adjacent to an activating group) is 1. The molecule has 1 aliphatic heterocycles. The predicted molar refractivity (Wildman–Crippen MR) is 105 cm³/mol. The number of quaternary nitrogens is 1. The van der Waals surface area contributed by atoms with Crippen molar-refractivity contribution < 1.29 is 24.6 Å². The van der Waals surface area contributed by atoms with Gasteiger partial charge in [-0.3, -0.25) is 9.69 Å². The molecule has 6 heteroatoms. The predicted octanol–water partition coefficient (Wildman–Crippen LogP) is 0.620. The fourth-order valence-corrected chi connectivity index (χ4v) is 3.74. The van der Waals surface area contributed by atoms with Crippen LogP contribution in [0.1, 0.15) is 28.4 Å². The number of para-hydroxylation sites is 1. The van der Waals surface area contributed by atoms with E-state index in [1.54, 1.807) is 13.2 Å². The van der Waals surface area contributed by atoms with Gasteiger partial charge in [-0.25, -0.2) is 0 Å². The van der Waals surface area contributed by atoms with E-state index in [1.165, 1.54) is 17.0 Å².